The Kier molecular flexibility index (Phi) is 4.88. The van der Waals surface area contributed by atoms with Gasteiger partial charge in [0.2, 0.25) is 0 Å². The summed E-state index contributed by atoms with van der Waals surface area (Å²) < 4.78 is 35.5. The summed E-state index contributed by atoms with van der Waals surface area (Å²) in [6.07, 6.45) is 5.89. The largest absolute Gasteiger partial charge is 0.493 e. The lowest BCUT2D eigenvalue weighted by atomic mass is 10.1. The van der Waals surface area contributed by atoms with Crippen LogP contribution >= 0.6 is 0 Å². The number of carbonyl (C=O) groups excluding carboxylic acids is 1. The van der Waals surface area contributed by atoms with Crippen molar-refractivity contribution < 1.29 is 23.0 Å². The van der Waals surface area contributed by atoms with E-state index in [1.807, 2.05) is 0 Å². The van der Waals surface area contributed by atoms with Crippen LogP contribution in [0, 0.1) is 0 Å². The van der Waals surface area contributed by atoms with Gasteiger partial charge in [0.05, 0.1) is 18.9 Å². The first-order valence-corrected chi connectivity index (χ1v) is 6.33. The molecule has 0 saturated carbocycles. The minimum atomic E-state index is -2.95. The summed E-state index contributed by atoms with van der Waals surface area (Å²) in [5.74, 6) is -0.134. The number of hydrogen-bond acceptors (Lipinski definition) is 4. The van der Waals surface area contributed by atoms with Gasteiger partial charge in [-0.05, 0) is 23.8 Å². The van der Waals surface area contributed by atoms with E-state index in [2.05, 4.69) is 9.84 Å². The van der Waals surface area contributed by atoms with Crippen molar-refractivity contribution in [3.63, 3.8) is 0 Å². The molecule has 0 N–H and O–H groups in total. The second kappa shape index (κ2) is 6.84. The van der Waals surface area contributed by atoms with E-state index < -0.39 is 6.61 Å². The van der Waals surface area contributed by atoms with Crippen molar-refractivity contribution in [1.29, 1.82) is 0 Å². The number of aryl methyl sites for hydroxylation is 1. The van der Waals surface area contributed by atoms with E-state index in [-0.39, 0.29) is 17.3 Å². The molecule has 1 aromatic carbocycles. The van der Waals surface area contributed by atoms with Crippen LogP contribution in [0.4, 0.5) is 8.78 Å². The highest BCUT2D eigenvalue weighted by molar-refractivity contribution is 6.06. The van der Waals surface area contributed by atoms with Crippen LogP contribution < -0.4 is 9.47 Å². The van der Waals surface area contributed by atoms with Crippen LogP contribution in [-0.4, -0.2) is 29.3 Å². The first-order chi connectivity index (χ1) is 10.5. The lowest BCUT2D eigenvalue weighted by Gasteiger charge is -2.10. The molecule has 0 fully saturated rings. The van der Waals surface area contributed by atoms with Gasteiger partial charge in [-0.2, -0.15) is 13.9 Å². The number of hydrogen-bond donors (Lipinski definition) is 0. The van der Waals surface area contributed by atoms with Crippen LogP contribution in [0.2, 0.25) is 0 Å². The summed E-state index contributed by atoms with van der Waals surface area (Å²) >= 11 is 0. The van der Waals surface area contributed by atoms with Gasteiger partial charge in [0.1, 0.15) is 0 Å². The quantitative estimate of drug-likeness (QED) is 0.608. The molecule has 1 aromatic heterocycles. The van der Waals surface area contributed by atoms with E-state index in [0.717, 1.165) is 0 Å². The summed E-state index contributed by atoms with van der Waals surface area (Å²) in [6.45, 7) is -2.95. The van der Waals surface area contributed by atoms with Crippen LogP contribution in [-0.2, 0) is 7.05 Å². The number of aromatic nitrogens is 2. The van der Waals surface area contributed by atoms with E-state index in [4.69, 9.17) is 4.74 Å². The van der Waals surface area contributed by atoms with Crippen molar-refractivity contribution in [2.45, 2.75) is 6.61 Å². The minimum absolute atomic E-state index is 0.0894. The van der Waals surface area contributed by atoms with Gasteiger partial charge in [0.25, 0.3) is 0 Å². The predicted octanol–water partition coefficient (Wildman–Crippen LogP) is 2.93. The van der Waals surface area contributed by atoms with Gasteiger partial charge < -0.3 is 9.47 Å². The second-order valence-corrected chi connectivity index (χ2v) is 4.39. The third-order valence-electron chi connectivity index (χ3n) is 2.82. The summed E-state index contributed by atoms with van der Waals surface area (Å²) in [5.41, 5.74) is 0.977. The molecular formula is C15H14F2N2O3. The fourth-order valence-electron chi connectivity index (χ4n) is 1.80. The van der Waals surface area contributed by atoms with Crippen LogP contribution in [0.3, 0.4) is 0 Å². The SMILES string of the molecule is COc1ccc(/C=C/C(=O)c2cnn(C)c2)cc1OC(F)F. The standard InChI is InChI=1S/C15H14F2N2O3/c1-19-9-11(8-18-19)12(20)5-3-10-4-6-13(21-2)14(7-10)22-15(16)17/h3-9,15H,1-2H3/b5-3+. The van der Waals surface area contributed by atoms with Gasteiger partial charge in [0.15, 0.2) is 17.3 Å². The summed E-state index contributed by atoms with van der Waals surface area (Å²) in [5, 5.41) is 3.90. The lowest BCUT2D eigenvalue weighted by Crippen LogP contribution is -2.03. The molecule has 2 aromatic rings. The zero-order valence-electron chi connectivity index (χ0n) is 12.0. The molecule has 0 aliphatic heterocycles. The zero-order valence-corrected chi connectivity index (χ0v) is 12.0. The maximum absolute atomic E-state index is 12.3. The molecule has 0 aliphatic carbocycles. The molecule has 0 bridgehead atoms. The van der Waals surface area contributed by atoms with Gasteiger partial charge in [-0.3, -0.25) is 9.48 Å². The maximum atomic E-state index is 12.3. The van der Waals surface area contributed by atoms with Gasteiger partial charge >= 0.3 is 6.61 Å². The molecule has 5 nitrogen and oxygen atoms in total. The summed E-state index contributed by atoms with van der Waals surface area (Å²) in [7, 11) is 3.06. The molecule has 0 aliphatic rings. The normalized spacial score (nSPS) is 11.1. The number of halogens is 2. The van der Waals surface area contributed by atoms with E-state index in [9.17, 15) is 13.6 Å². The zero-order chi connectivity index (χ0) is 16.1. The Morgan fingerprint density at radius 1 is 1.36 bits per heavy atom. The van der Waals surface area contributed by atoms with Crippen molar-refractivity contribution >= 4 is 11.9 Å². The highest BCUT2D eigenvalue weighted by atomic mass is 19.3. The number of nitrogens with zero attached hydrogens (tertiary/aromatic N) is 2. The van der Waals surface area contributed by atoms with Crippen molar-refractivity contribution in [2.24, 2.45) is 7.05 Å². The lowest BCUT2D eigenvalue weighted by molar-refractivity contribution is -0.0512. The Morgan fingerprint density at radius 3 is 2.73 bits per heavy atom. The van der Waals surface area contributed by atoms with Gasteiger partial charge in [-0.1, -0.05) is 12.1 Å². The average molecular weight is 308 g/mol. The fourth-order valence-corrected chi connectivity index (χ4v) is 1.80. The summed E-state index contributed by atoms with van der Waals surface area (Å²) in [6, 6.07) is 4.49. The number of ketones is 1. The number of alkyl halides is 2. The van der Waals surface area contributed by atoms with Crippen LogP contribution in [0.5, 0.6) is 11.5 Å². The number of methoxy groups -OCH3 is 1. The van der Waals surface area contributed by atoms with Crippen LogP contribution in [0.15, 0.2) is 36.7 Å². The van der Waals surface area contributed by atoms with E-state index in [1.165, 1.54) is 42.3 Å². The molecule has 0 atom stereocenters. The predicted molar refractivity (Wildman–Crippen MR) is 76.2 cm³/mol. The third kappa shape index (κ3) is 3.91. The van der Waals surface area contributed by atoms with E-state index in [0.29, 0.717) is 11.1 Å². The number of benzene rings is 1. The first kappa shape index (κ1) is 15.7. The molecule has 1 heterocycles. The maximum Gasteiger partial charge on any atom is 0.387 e. The van der Waals surface area contributed by atoms with Crippen molar-refractivity contribution in [3.05, 3.63) is 47.8 Å². The average Bonchev–Trinajstić information content (AvgIpc) is 2.91. The molecule has 116 valence electrons. The van der Waals surface area contributed by atoms with Crippen LogP contribution in [0.1, 0.15) is 15.9 Å². The monoisotopic (exact) mass is 308 g/mol. The Labute approximate surface area is 125 Å². The molecule has 0 saturated heterocycles. The Morgan fingerprint density at radius 2 is 2.14 bits per heavy atom. The van der Waals surface area contributed by atoms with E-state index in [1.54, 1.807) is 19.3 Å². The second-order valence-electron chi connectivity index (χ2n) is 4.39. The minimum Gasteiger partial charge on any atom is -0.493 e. The van der Waals surface area contributed by atoms with Gasteiger partial charge in [0, 0.05) is 13.2 Å². The molecule has 0 radical (unpaired) electrons. The van der Waals surface area contributed by atoms with Gasteiger partial charge in [-0.15, -0.1) is 0 Å². The molecule has 22 heavy (non-hydrogen) atoms. The Hall–Kier alpha value is -2.70. The van der Waals surface area contributed by atoms with Crippen molar-refractivity contribution in [1.82, 2.24) is 9.78 Å². The Bertz CT molecular complexity index is 696. The number of ether oxygens (including phenoxy) is 2. The molecule has 7 heteroatoms. The Balaban J connectivity index is 2.18. The fraction of sp³-hybridized carbons (Fsp3) is 0.200. The number of carbonyl (C=O) groups is 1. The molecule has 0 amide bonds. The van der Waals surface area contributed by atoms with Crippen LogP contribution in [0.25, 0.3) is 6.08 Å². The van der Waals surface area contributed by atoms with E-state index >= 15 is 0 Å². The smallest absolute Gasteiger partial charge is 0.387 e. The molecule has 0 unspecified atom stereocenters. The number of allylic oxidation sites excluding steroid dienone is 1. The topological polar surface area (TPSA) is 53.3 Å². The highest BCUT2D eigenvalue weighted by Gasteiger charge is 2.11. The van der Waals surface area contributed by atoms with Crippen molar-refractivity contribution in [3.8, 4) is 11.5 Å². The molecule has 0 spiro atoms. The summed E-state index contributed by atoms with van der Waals surface area (Å²) in [4.78, 5) is 11.9. The van der Waals surface area contributed by atoms with Crippen molar-refractivity contribution in [2.75, 3.05) is 7.11 Å². The molecule has 2 rings (SSSR count). The highest BCUT2D eigenvalue weighted by Crippen LogP contribution is 2.29. The number of rotatable bonds is 6. The molecular weight excluding hydrogens is 294 g/mol. The first-order valence-electron chi connectivity index (χ1n) is 6.33. The third-order valence-corrected chi connectivity index (χ3v) is 2.82. The van der Waals surface area contributed by atoms with Gasteiger partial charge in [-0.25, -0.2) is 0 Å².